The smallest absolute Gasteiger partial charge is 0.416 e. The van der Waals surface area contributed by atoms with Gasteiger partial charge < -0.3 is 19.5 Å². The third kappa shape index (κ3) is 5.66. The van der Waals surface area contributed by atoms with Crippen LogP contribution in [-0.4, -0.2) is 27.2 Å². The summed E-state index contributed by atoms with van der Waals surface area (Å²) < 4.78 is 53.7. The number of alkyl halides is 3. The largest absolute Gasteiger partial charge is 0.496 e. The number of ether oxygens (including phenoxy) is 3. The van der Waals surface area contributed by atoms with Crippen LogP contribution in [0.4, 0.5) is 13.2 Å². The molecule has 0 saturated carbocycles. The fourth-order valence-electron chi connectivity index (χ4n) is 2.65. The topological polar surface area (TPSA) is 56.8 Å². The molecule has 8 heteroatoms. The molecule has 2 rings (SSSR count). The lowest BCUT2D eigenvalue weighted by Crippen LogP contribution is -2.24. The maximum absolute atomic E-state index is 12.7. The van der Waals surface area contributed by atoms with Gasteiger partial charge in [-0.15, -0.1) is 0 Å². The second-order valence-electron chi connectivity index (χ2n) is 6.13. The van der Waals surface area contributed by atoms with E-state index < -0.39 is 23.7 Å². The van der Waals surface area contributed by atoms with Gasteiger partial charge in [0.2, 0.25) is 5.91 Å². The Balaban J connectivity index is 2.11. The molecule has 1 amide bonds. The molecule has 1 atom stereocenters. The quantitative estimate of drug-likeness (QED) is 0.678. The molecule has 0 bridgehead atoms. The van der Waals surface area contributed by atoms with Crippen LogP contribution in [0.2, 0.25) is 0 Å². The molecule has 1 N–H and O–H groups in total. The van der Waals surface area contributed by atoms with Crippen molar-refractivity contribution in [2.45, 2.75) is 19.1 Å². The normalized spacial score (nSPS) is 12.5. The molecule has 5 nitrogen and oxygen atoms in total. The monoisotopic (exact) mass is 409 g/mol. The van der Waals surface area contributed by atoms with Gasteiger partial charge in [0.25, 0.3) is 0 Å². The zero-order valence-electron chi connectivity index (χ0n) is 16.5. The highest BCUT2D eigenvalue weighted by Crippen LogP contribution is 2.35. The van der Waals surface area contributed by atoms with Crippen LogP contribution in [0.25, 0.3) is 6.08 Å². The van der Waals surface area contributed by atoms with Crippen molar-refractivity contribution in [3.63, 3.8) is 0 Å². The fraction of sp³-hybridized carbons (Fsp3) is 0.286. The van der Waals surface area contributed by atoms with E-state index in [9.17, 15) is 18.0 Å². The first-order chi connectivity index (χ1) is 13.7. The Labute approximate surface area is 167 Å². The van der Waals surface area contributed by atoms with E-state index in [0.717, 1.165) is 12.1 Å². The van der Waals surface area contributed by atoms with E-state index in [0.29, 0.717) is 28.4 Å². The van der Waals surface area contributed by atoms with Gasteiger partial charge in [0.05, 0.1) is 32.9 Å². The molecule has 0 aliphatic rings. The average Bonchev–Trinajstić information content (AvgIpc) is 2.70. The Morgan fingerprint density at radius 1 is 0.966 bits per heavy atom. The van der Waals surface area contributed by atoms with Crippen molar-refractivity contribution in [2.75, 3.05) is 21.3 Å². The molecule has 0 aromatic heterocycles. The number of benzene rings is 2. The molecule has 2 aromatic carbocycles. The lowest BCUT2D eigenvalue weighted by atomic mass is 10.1. The first-order valence-electron chi connectivity index (χ1n) is 8.65. The Bertz CT molecular complexity index is 877. The first kappa shape index (κ1) is 22.1. The van der Waals surface area contributed by atoms with Gasteiger partial charge in [0.1, 0.15) is 5.75 Å². The summed E-state index contributed by atoms with van der Waals surface area (Å²) in [5.74, 6) is 1.05. The van der Waals surface area contributed by atoms with E-state index in [1.54, 1.807) is 25.1 Å². The maximum atomic E-state index is 12.7. The third-order valence-electron chi connectivity index (χ3n) is 4.25. The summed E-state index contributed by atoms with van der Waals surface area (Å²) in [7, 11) is 4.49. The van der Waals surface area contributed by atoms with Crippen molar-refractivity contribution in [2.24, 2.45) is 0 Å². The number of methoxy groups -OCH3 is 3. The van der Waals surface area contributed by atoms with Crippen LogP contribution in [0.1, 0.15) is 29.7 Å². The Morgan fingerprint density at radius 2 is 1.52 bits per heavy atom. The second-order valence-corrected chi connectivity index (χ2v) is 6.13. The molecule has 156 valence electrons. The fourth-order valence-corrected chi connectivity index (χ4v) is 2.65. The van der Waals surface area contributed by atoms with E-state index in [1.807, 2.05) is 0 Å². The lowest BCUT2D eigenvalue weighted by Gasteiger charge is -2.14. The average molecular weight is 409 g/mol. The van der Waals surface area contributed by atoms with Crippen LogP contribution < -0.4 is 19.5 Å². The molecule has 0 saturated heterocycles. The number of carbonyl (C=O) groups excluding carboxylic acids is 1. The summed E-state index contributed by atoms with van der Waals surface area (Å²) >= 11 is 0. The summed E-state index contributed by atoms with van der Waals surface area (Å²) in [6, 6.07) is 7.50. The third-order valence-corrected chi connectivity index (χ3v) is 4.25. The van der Waals surface area contributed by atoms with Crippen LogP contribution in [0.15, 0.2) is 42.5 Å². The van der Waals surface area contributed by atoms with Gasteiger partial charge in [-0.25, -0.2) is 0 Å². The van der Waals surface area contributed by atoms with E-state index in [4.69, 9.17) is 14.2 Å². The highest BCUT2D eigenvalue weighted by molar-refractivity contribution is 5.92. The van der Waals surface area contributed by atoms with Gasteiger partial charge in [0, 0.05) is 17.7 Å². The minimum atomic E-state index is -4.40. The van der Waals surface area contributed by atoms with Gasteiger partial charge in [0.15, 0.2) is 11.5 Å². The van der Waals surface area contributed by atoms with Crippen LogP contribution in [-0.2, 0) is 11.0 Å². The van der Waals surface area contributed by atoms with E-state index in [2.05, 4.69) is 5.32 Å². The molecule has 2 aromatic rings. The Morgan fingerprint density at radius 3 is 2.03 bits per heavy atom. The van der Waals surface area contributed by atoms with Gasteiger partial charge >= 0.3 is 6.18 Å². The maximum Gasteiger partial charge on any atom is 0.416 e. The molecule has 29 heavy (non-hydrogen) atoms. The number of hydrogen-bond donors (Lipinski definition) is 1. The first-order valence-corrected chi connectivity index (χ1v) is 8.65. The highest BCUT2D eigenvalue weighted by atomic mass is 19.4. The Kier molecular flexibility index (Phi) is 7.14. The molecule has 0 spiro atoms. The predicted octanol–water partition coefficient (Wildman–Crippen LogP) is 4.62. The van der Waals surface area contributed by atoms with Crippen molar-refractivity contribution >= 4 is 12.0 Å². The van der Waals surface area contributed by atoms with Crippen molar-refractivity contribution in [1.82, 2.24) is 5.32 Å². The zero-order chi connectivity index (χ0) is 21.6. The van der Waals surface area contributed by atoms with E-state index in [1.165, 1.54) is 39.5 Å². The van der Waals surface area contributed by atoms with Crippen molar-refractivity contribution in [1.29, 1.82) is 0 Å². The molecule has 1 unspecified atom stereocenters. The minimum absolute atomic E-state index is 0.408. The van der Waals surface area contributed by atoms with Gasteiger partial charge in [-0.3, -0.25) is 4.79 Å². The minimum Gasteiger partial charge on any atom is -0.496 e. The summed E-state index contributed by atoms with van der Waals surface area (Å²) in [5.41, 5.74) is 0.422. The van der Waals surface area contributed by atoms with Crippen LogP contribution in [0.3, 0.4) is 0 Å². The number of hydrogen-bond acceptors (Lipinski definition) is 4. The zero-order valence-corrected chi connectivity index (χ0v) is 16.5. The summed E-state index contributed by atoms with van der Waals surface area (Å²) in [5, 5.41) is 2.71. The molecule has 0 radical (unpaired) electrons. The summed E-state index contributed by atoms with van der Waals surface area (Å²) in [6.45, 7) is 1.69. The second kappa shape index (κ2) is 9.36. The number of carbonyl (C=O) groups is 1. The van der Waals surface area contributed by atoms with Crippen molar-refractivity contribution in [3.05, 3.63) is 59.2 Å². The van der Waals surface area contributed by atoms with Crippen molar-refractivity contribution in [3.8, 4) is 17.2 Å². The van der Waals surface area contributed by atoms with E-state index >= 15 is 0 Å². The number of halogens is 3. The molecule has 0 aliphatic heterocycles. The number of nitrogens with one attached hydrogen (secondary N) is 1. The molecule has 0 heterocycles. The lowest BCUT2D eigenvalue weighted by molar-refractivity contribution is -0.137. The van der Waals surface area contributed by atoms with Crippen molar-refractivity contribution < 1.29 is 32.2 Å². The molecular formula is C21H22F3NO4. The van der Waals surface area contributed by atoms with Crippen LogP contribution in [0.5, 0.6) is 17.2 Å². The van der Waals surface area contributed by atoms with Crippen LogP contribution in [0, 0.1) is 0 Å². The summed E-state index contributed by atoms with van der Waals surface area (Å²) in [6.07, 6.45) is -1.54. The molecule has 0 fully saturated rings. The highest BCUT2D eigenvalue weighted by Gasteiger charge is 2.30. The molecular weight excluding hydrogens is 387 g/mol. The van der Waals surface area contributed by atoms with Gasteiger partial charge in [-0.05, 0) is 36.8 Å². The SMILES string of the molecule is COc1cc(OC)c(OC)cc1/C=C/C(=O)NC(C)c1ccc(C(F)(F)F)cc1. The van der Waals surface area contributed by atoms with Crippen LogP contribution >= 0.6 is 0 Å². The van der Waals surface area contributed by atoms with E-state index in [-0.39, 0.29) is 0 Å². The van der Waals surface area contributed by atoms with Gasteiger partial charge in [-0.1, -0.05) is 12.1 Å². The summed E-state index contributed by atoms with van der Waals surface area (Å²) in [4.78, 5) is 12.2. The van der Waals surface area contributed by atoms with Gasteiger partial charge in [-0.2, -0.15) is 13.2 Å². The Hall–Kier alpha value is -3.16. The number of rotatable bonds is 7. The standard InChI is InChI=1S/C21H22F3NO4/c1-13(14-5-8-16(9-6-14)21(22,23)24)25-20(26)10-7-15-11-18(28-3)19(29-4)12-17(15)27-2/h5-13H,1-4H3,(H,25,26)/b10-7+. The molecule has 0 aliphatic carbocycles. The number of amides is 1. The predicted molar refractivity (Wildman–Crippen MR) is 103 cm³/mol.